The summed E-state index contributed by atoms with van der Waals surface area (Å²) >= 11 is 0. The van der Waals surface area contributed by atoms with Crippen LogP contribution in [0.15, 0.2) is 18.3 Å². The topological polar surface area (TPSA) is 50.3 Å². The first-order valence-electron chi connectivity index (χ1n) is 5.72. The molecular weight excluding hydrogens is 216 g/mol. The molecule has 0 saturated heterocycles. The van der Waals surface area contributed by atoms with E-state index in [0.29, 0.717) is 11.8 Å². The van der Waals surface area contributed by atoms with Crippen molar-refractivity contribution in [1.82, 2.24) is 9.88 Å². The van der Waals surface area contributed by atoms with Gasteiger partial charge in [-0.15, -0.1) is 0 Å². The van der Waals surface area contributed by atoms with Crippen LogP contribution in [0.4, 0.5) is 0 Å². The van der Waals surface area contributed by atoms with Gasteiger partial charge in [0, 0.05) is 18.3 Å². The van der Waals surface area contributed by atoms with Gasteiger partial charge in [0.05, 0.1) is 5.56 Å². The molecule has 0 spiro atoms. The van der Waals surface area contributed by atoms with Crippen molar-refractivity contribution >= 4 is 12.2 Å². The zero-order valence-corrected chi connectivity index (χ0v) is 10.7. The van der Waals surface area contributed by atoms with E-state index in [0.717, 1.165) is 0 Å². The summed E-state index contributed by atoms with van der Waals surface area (Å²) in [6.45, 7) is 7.81. The van der Waals surface area contributed by atoms with Crippen LogP contribution in [-0.4, -0.2) is 34.2 Å². The Morgan fingerprint density at radius 1 is 1.29 bits per heavy atom. The lowest BCUT2D eigenvalue weighted by atomic mass is 10.1. The van der Waals surface area contributed by atoms with Crippen molar-refractivity contribution in [3.63, 3.8) is 0 Å². The number of aldehydes is 1. The van der Waals surface area contributed by atoms with Crippen molar-refractivity contribution in [2.75, 3.05) is 0 Å². The van der Waals surface area contributed by atoms with E-state index in [1.807, 2.05) is 27.7 Å². The molecule has 1 aromatic heterocycles. The van der Waals surface area contributed by atoms with Gasteiger partial charge in [0.25, 0.3) is 5.91 Å². The Labute approximate surface area is 102 Å². The molecule has 1 heterocycles. The molecule has 1 rings (SSSR count). The van der Waals surface area contributed by atoms with Crippen LogP contribution in [0.1, 0.15) is 48.5 Å². The third-order valence-corrected chi connectivity index (χ3v) is 2.53. The van der Waals surface area contributed by atoms with Crippen LogP contribution >= 0.6 is 0 Å². The molecule has 0 aliphatic rings. The monoisotopic (exact) mass is 234 g/mol. The van der Waals surface area contributed by atoms with Gasteiger partial charge in [0.1, 0.15) is 5.69 Å². The number of pyridine rings is 1. The molecule has 0 saturated carbocycles. The highest BCUT2D eigenvalue weighted by Crippen LogP contribution is 2.13. The predicted octanol–water partition coefficient (Wildman–Crippen LogP) is 2.15. The lowest BCUT2D eigenvalue weighted by Gasteiger charge is -2.31. The van der Waals surface area contributed by atoms with Gasteiger partial charge in [-0.05, 0) is 39.8 Å². The van der Waals surface area contributed by atoms with Crippen molar-refractivity contribution in [3.05, 3.63) is 29.6 Å². The maximum Gasteiger partial charge on any atom is 0.256 e. The van der Waals surface area contributed by atoms with Gasteiger partial charge in [-0.2, -0.15) is 0 Å². The van der Waals surface area contributed by atoms with Gasteiger partial charge >= 0.3 is 0 Å². The SMILES string of the molecule is CC(C)N(C(=O)c1cccnc1C=O)C(C)C. The Morgan fingerprint density at radius 2 is 1.88 bits per heavy atom. The number of rotatable bonds is 4. The molecule has 4 nitrogen and oxygen atoms in total. The largest absolute Gasteiger partial charge is 0.334 e. The first kappa shape index (κ1) is 13.4. The first-order valence-corrected chi connectivity index (χ1v) is 5.72. The van der Waals surface area contributed by atoms with Crippen LogP contribution < -0.4 is 0 Å². The third kappa shape index (κ3) is 2.90. The lowest BCUT2D eigenvalue weighted by molar-refractivity contribution is 0.0640. The average molecular weight is 234 g/mol. The number of nitrogens with zero attached hydrogens (tertiary/aromatic N) is 2. The molecule has 1 aromatic rings. The second-order valence-corrected chi connectivity index (χ2v) is 4.45. The fourth-order valence-electron chi connectivity index (χ4n) is 1.90. The van der Waals surface area contributed by atoms with E-state index in [4.69, 9.17) is 0 Å². The fraction of sp³-hybridized carbons (Fsp3) is 0.462. The minimum absolute atomic E-state index is 0.0854. The Balaban J connectivity index is 3.14. The molecule has 0 radical (unpaired) electrons. The molecule has 0 fully saturated rings. The zero-order chi connectivity index (χ0) is 13.0. The summed E-state index contributed by atoms with van der Waals surface area (Å²) in [5.74, 6) is -0.148. The Kier molecular flexibility index (Phi) is 4.37. The maximum absolute atomic E-state index is 12.3. The van der Waals surface area contributed by atoms with Gasteiger partial charge in [0.15, 0.2) is 6.29 Å². The summed E-state index contributed by atoms with van der Waals surface area (Å²) in [5, 5.41) is 0. The zero-order valence-electron chi connectivity index (χ0n) is 10.7. The van der Waals surface area contributed by atoms with E-state index in [9.17, 15) is 9.59 Å². The molecule has 0 unspecified atom stereocenters. The van der Waals surface area contributed by atoms with Gasteiger partial charge in [-0.25, -0.2) is 0 Å². The number of carbonyl (C=O) groups excluding carboxylic acids is 2. The molecule has 17 heavy (non-hydrogen) atoms. The molecule has 0 bridgehead atoms. The summed E-state index contributed by atoms with van der Waals surface area (Å²) < 4.78 is 0. The molecule has 0 aliphatic carbocycles. The van der Waals surface area contributed by atoms with Gasteiger partial charge in [-0.1, -0.05) is 0 Å². The maximum atomic E-state index is 12.3. The smallest absolute Gasteiger partial charge is 0.256 e. The molecule has 0 aliphatic heterocycles. The van der Waals surface area contributed by atoms with Crippen molar-refractivity contribution < 1.29 is 9.59 Å². The van der Waals surface area contributed by atoms with Gasteiger partial charge in [-0.3, -0.25) is 14.6 Å². The third-order valence-electron chi connectivity index (χ3n) is 2.53. The Hall–Kier alpha value is -1.71. The summed E-state index contributed by atoms with van der Waals surface area (Å²) in [6.07, 6.45) is 2.13. The Bertz CT molecular complexity index is 406. The number of hydrogen-bond acceptors (Lipinski definition) is 3. The second-order valence-electron chi connectivity index (χ2n) is 4.45. The fourth-order valence-corrected chi connectivity index (χ4v) is 1.90. The van der Waals surface area contributed by atoms with E-state index in [1.165, 1.54) is 6.20 Å². The summed E-state index contributed by atoms with van der Waals surface area (Å²) in [4.78, 5) is 28.8. The van der Waals surface area contributed by atoms with Crippen LogP contribution in [0.5, 0.6) is 0 Å². The van der Waals surface area contributed by atoms with Crippen LogP contribution in [0.25, 0.3) is 0 Å². The van der Waals surface area contributed by atoms with Crippen LogP contribution in [0, 0.1) is 0 Å². The second kappa shape index (κ2) is 5.57. The molecular formula is C13H18N2O2. The van der Waals surface area contributed by atoms with Crippen molar-refractivity contribution in [3.8, 4) is 0 Å². The van der Waals surface area contributed by atoms with E-state index in [2.05, 4.69) is 4.98 Å². The molecule has 92 valence electrons. The van der Waals surface area contributed by atoms with Crippen molar-refractivity contribution in [1.29, 1.82) is 0 Å². The predicted molar refractivity (Wildman–Crippen MR) is 66.1 cm³/mol. The minimum Gasteiger partial charge on any atom is -0.334 e. The molecule has 0 N–H and O–H groups in total. The number of hydrogen-bond donors (Lipinski definition) is 0. The van der Waals surface area contributed by atoms with Crippen LogP contribution in [0.3, 0.4) is 0 Å². The molecule has 1 amide bonds. The van der Waals surface area contributed by atoms with Crippen LogP contribution in [-0.2, 0) is 0 Å². The molecule has 0 atom stereocenters. The van der Waals surface area contributed by atoms with E-state index >= 15 is 0 Å². The molecule has 0 aromatic carbocycles. The van der Waals surface area contributed by atoms with Gasteiger partial charge in [0.2, 0.25) is 0 Å². The standard InChI is InChI=1S/C13H18N2O2/c1-9(2)15(10(3)4)13(17)11-6-5-7-14-12(11)8-16/h5-10H,1-4H3. The lowest BCUT2D eigenvalue weighted by Crippen LogP contribution is -2.42. The summed E-state index contributed by atoms with van der Waals surface area (Å²) in [5.41, 5.74) is 0.564. The van der Waals surface area contributed by atoms with Crippen molar-refractivity contribution in [2.24, 2.45) is 0 Å². The first-order chi connectivity index (χ1) is 7.99. The van der Waals surface area contributed by atoms with E-state index in [1.54, 1.807) is 17.0 Å². The van der Waals surface area contributed by atoms with Crippen LogP contribution in [0.2, 0.25) is 0 Å². The highest BCUT2D eigenvalue weighted by Gasteiger charge is 2.23. The number of aromatic nitrogens is 1. The number of amides is 1. The average Bonchev–Trinajstić information content (AvgIpc) is 2.27. The quantitative estimate of drug-likeness (QED) is 0.750. The minimum atomic E-state index is -0.148. The highest BCUT2D eigenvalue weighted by molar-refractivity contribution is 6.00. The number of carbonyl (C=O) groups is 2. The normalized spacial score (nSPS) is 10.7. The van der Waals surface area contributed by atoms with Crippen molar-refractivity contribution in [2.45, 2.75) is 39.8 Å². The highest BCUT2D eigenvalue weighted by atomic mass is 16.2. The molecule has 4 heteroatoms. The summed E-state index contributed by atoms with van der Waals surface area (Å²) in [7, 11) is 0. The Morgan fingerprint density at radius 3 is 2.35 bits per heavy atom. The summed E-state index contributed by atoms with van der Waals surface area (Å²) in [6, 6.07) is 3.47. The van der Waals surface area contributed by atoms with Gasteiger partial charge < -0.3 is 4.90 Å². The van der Waals surface area contributed by atoms with E-state index < -0.39 is 0 Å². The van der Waals surface area contributed by atoms with E-state index in [-0.39, 0.29) is 23.7 Å².